The number of ether oxygens (including phenoxy) is 5. The zero-order chi connectivity index (χ0) is 30.9. The number of fused-ring (bicyclic) bond motifs is 6. The van der Waals surface area contributed by atoms with Gasteiger partial charge in [-0.2, -0.15) is 0 Å². The summed E-state index contributed by atoms with van der Waals surface area (Å²) in [5.74, 6) is 0.0518. The molecule has 0 aromatic heterocycles. The molecule has 5 heterocycles. The molecule has 8 nitrogen and oxygen atoms in total. The molecule has 2 spiro atoms. The Morgan fingerprint density at radius 2 is 1.37 bits per heavy atom. The second-order valence-electron chi connectivity index (χ2n) is 13.8. The SMILES string of the molecule is Cc1cc2c(c(C(C)(C)C)c1)O[P+]1(Oc3c(cc(C)cc3C(C)(C)C)S2)O[C@@H]2[C@@H]3OC(C(Cl)(Cl)Cl)O[C@@H]3O[C@]23COC1O3. The lowest BCUT2D eigenvalue weighted by molar-refractivity contribution is -0.292. The molecule has 2 aromatic carbocycles. The maximum atomic E-state index is 7.08. The van der Waals surface area contributed by atoms with Crippen molar-refractivity contribution in [2.24, 2.45) is 0 Å². The van der Waals surface area contributed by atoms with E-state index in [1.54, 1.807) is 11.8 Å². The van der Waals surface area contributed by atoms with Crippen LogP contribution in [0.25, 0.3) is 0 Å². The lowest BCUT2D eigenvalue weighted by Gasteiger charge is -2.39. The first-order valence-electron chi connectivity index (χ1n) is 14.2. The van der Waals surface area contributed by atoms with E-state index in [1.807, 2.05) is 0 Å². The molecule has 2 bridgehead atoms. The molecule has 13 heteroatoms. The van der Waals surface area contributed by atoms with Gasteiger partial charge in [0, 0.05) is 11.1 Å². The Morgan fingerprint density at radius 1 is 0.814 bits per heavy atom. The smallest absolute Gasteiger partial charge is 0.337 e. The predicted octanol–water partition coefficient (Wildman–Crippen LogP) is 8.48. The van der Waals surface area contributed by atoms with E-state index in [-0.39, 0.29) is 17.4 Å². The lowest BCUT2D eigenvalue weighted by Crippen LogP contribution is -2.53. The van der Waals surface area contributed by atoms with Crippen LogP contribution in [0.15, 0.2) is 34.1 Å². The van der Waals surface area contributed by atoms with Gasteiger partial charge in [-0.25, -0.2) is 0 Å². The van der Waals surface area contributed by atoms with Crippen LogP contribution < -0.4 is 9.05 Å². The summed E-state index contributed by atoms with van der Waals surface area (Å²) in [6, 6.07) is 7.57. The summed E-state index contributed by atoms with van der Waals surface area (Å²) in [7, 11) is -3.57. The van der Waals surface area contributed by atoms with Crippen molar-refractivity contribution >= 4 is 54.5 Å². The summed E-state index contributed by atoms with van der Waals surface area (Å²) >= 11 is 20.0. The van der Waals surface area contributed by atoms with E-state index < -0.39 is 48.3 Å². The van der Waals surface area contributed by atoms with Crippen LogP contribution in [-0.4, -0.2) is 47.0 Å². The summed E-state index contributed by atoms with van der Waals surface area (Å²) in [5.41, 5.74) is 3.75. The van der Waals surface area contributed by atoms with E-state index in [0.717, 1.165) is 32.0 Å². The second-order valence-corrected chi connectivity index (χ2v) is 19.3. The summed E-state index contributed by atoms with van der Waals surface area (Å²) in [4.78, 5) is 1.91. The largest absolute Gasteiger partial charge is 0.560 e. The molecule has 43 heavy (non-hydrogen) atoms. The van der Waals surface area contributed by atoms with Gasteiger partial charge in [0.2, 0.25) is 15.9 Å². The van der Waals surface area contributed by atoms with Gasteiger partial charge in [-0.05, 0) is 47.9 Å². The molecule has 0 amide bonds. The average Bonchev–Trinajstić information content (AvgIpc) is 3.53. The molecule has 0 saturated carbocycles. The summed E-state index contributed by atoms with van der Waals surface area (Å²) in [6.07, 6.45) is -3.71. The maximum Gasteiger partial charge on any atom is 0.560 e. The van der Waals surface area contributed by atoms with Crippen molar-refractivity contribution in [3.8, 4) is 11.5 Å². The van der Waals surface area contributed by atoms with Crippen LogP contribution in [0.3, 0.4) is 0 Å². The zero-order valence-corrected chi connectivity index (χ0v) is 29.1. The Bertz CT molecular complexity index is 1420. The van der Waals surface area contributed by atoms with E-state index in [1.165, 1.54) is 0 Å². The van der Waals surface area contributed by atoms with E-state index >= 15 is 0 Å². The van der Waals surface area contributed by atoms with Crippen molar-refractivity contribution in [1.29, 1.82) is 0 Å². The van der Waals surface area contributed by atoms with Gasteiger partial charge in [0.05, 0.1) is 9.79 Å². The fraction of sp³-hybridized carbons (Fsp3) is 0.600. The van der Waals surface area contributed by atoms with Crippen molar-refractivity contribution < 1.29 is 37.3 Å². The highest BCUT2D eigenvalue weighted by Crippen LogP contribution is 2.76. The minimum atomic E-state index is -3.57. The van der Waals surface area contributed by atoms with Gasteiger partial charge in [-0.15, -0.1) is 4.52 Å². The Morgan fingerprint density at radius 3 is 1.88 bits per heavy atom. The van der Waals surface area contributed by atoms with E-state index in [2.05, 4.69) is 79.7 Å². The van der Waals surface area contributed by atoms with E-state index in [4.69, 9.17) is 72.1 Å². The van der Waals surface area contributed by atoms with Crippen molar-refractivity contribution in [2.75, 3.05) is 6.61 Å². The molecule has 5 aliphatic heterocycles. The van der Waals surface area contributed by atoms with Crippen molar-refractivity contribution in [2.45, 2.75) is 116 Å². The molecular weight excluding hydrogens is 658 g/mol. The van der Waals surface area contributed by atoms with Crippen LogP contribution in [0.2, 0.25) is 0 Å². The first-order valence-corrected chi connectivity index (χ1v) is 17.7. The molecule has 4 saturated heterocycles. The molecule has 7 rings (SSSR count). The highest BCUT2D eigenvalue weighted by molar-refractivity contribution is 7.99. The molecule has 0 radical (unpaired) electrons. The van der Waals surface area contributed by atoms with Crippen LogP contribution in [0, 0.1) is 13.8 Å². The minimum Gasteiger partial charge on any atom is -0.337 e. The summed E-state index contributed by atoms with van der Waals surface area (Å²) in [5, 5.41) is 0. The lowest BCUT2D eigenvalue weighted by atomic mass is 9.85. The van der Waals surface area contributed by atoms with Gasteiger partial charge >= 0.3 is 14.0 Å². The van der Waals surface area contributed by atoms with Crippen molar-refractivity contribution in [1.82, 2.24) is 0 Å². The van der Waals surface area contributed by atoms with Gasteiger partial charge in [0.15, 0.2) is 23.9 Å². The number of hydrogen-bond acceptors (Lipinski definition) is 9. The van der Waals surface area contributed by atoms with Gasteiger partial charge in [-0.1, -0.05) is 100 Å². The number of rotatable bonds is 0. The molecule has 5 aliphatic rings. The molecule has 6 atom stereocenters. The fourth-order valence-corrected chi connectivity index (χ4v) is 10.1. The first-order chi connectivity index (χ1) is 19.9. The quantitative estimate of drug-likeness (QED) is 0.200. The minimum absolute atomic E-state index is 0.0590. The van der Waals surface area contributed by atoms with Gasteiger partial charge in [-0.3, -0.25) is 13.8 Å². The summed E-state index contributed by atoms with van der Waals surface area (Å²) in [6.45, 7) is 17.2. The number of hydrogen-bond donors (Lipinski definition) is 0. The molecular formula is C30H35Cl3O8PS+. The van der Waals surface area contributed by atoms with Gasteiger partial charge in [0.25, 0.3) is 0 Å². The third-order valence-electron chi connectivity index (χ3n) is 8.04. The molecule has 0 aliphatic carbocycles. The topological polar surface area (TPSA) is 73.8 Å². The molecule has 234 valence electrons. The van der Waals surface area contributed by atoms with Gasteiger partial charge < -0.3 is 18.9 Å². The monoisotopic (exact) mass is 691 g/mol. The Balaban J connectivity index is 1.42. The Hall–Kier alpha value is -0.550. The summed E-state index contributed by atoms with van der Waals surface area (Å²) < 4.78 is 50.3. The number of alkyl halides is 3. The normalized spacial score (nSPS) is 32.7. The average molecular weight is 693 g/mol. The Kier molecular flexibility index (Phi) is 7.21. The fourth-order valence-electron chi connectivity index (χ4n) is 6.01. The molecule has 2 aromatic rings. The predicted molar refractivity (Wildman–Crippen MR) is 165 cm³/mol. The molecule has 0 N–H and O–H groups in total. The van der Waals surface area contributed by atoms with Gasteiger partial charge in [0.1, 0.15) is 12.7 Å². The van der Waals surface area contributed by atoms with Crippen LogP contribution in [-0.2, 0) is 39.0 Å². The molecule has 4 fully saturated rings. The second kappa shape index (κ2) is 9.98. The number of benzene rings is 2. The van der Waals surface area contributed by atoms with Crippen molar-refractivity contribution in [3.63, 3.8) is 0 Å². The van der Waals surface area contributed by atoms with Crippen LogP contribution >= 0.6 is 54.5 Å². The number of halogens is 3. The standard InChI is InChI=1S/C30H35Cl3O8PS/c1-14-9-16(27(3,4)5)20-18(11-14)43-19-12-15(2)10-17(28(6,7)8)21(19)40-42(39-20)26-34-13-29(38-26)23(41-42)22-24(37-29)36-25(35-22)30(31,32)33/h9-12,22-26H,13H2,1-8H3/q+1/t22-,23+,24+,25?,26?,29-/m0/s1. The maximum absolute atomic E-state index is 7.08. The van der Waals surface area contributed by atoms with Crippen LogP contribution in [0.5, 0.6) is 11.5 Å². The van der Waals surface area contributed by atoms with Crippen LogP contribution in [0.4, 0.5) is 0 Å². The van der Waals surface area contributed by atoms with Crippen molar-refractivity contribution in [3.05, 3.63) is 46.5 Å². The highest BCUT2D eigenvalue weighted by atomic mass is 35.6. The highest BCUT2D eigenvalue weighted by Gasteiger charge is 2.81. The third-order valence-corrected chi connectivity index (χ3v) is 11.8. The van der Waals surface area contributed by atoms with E-state index in [9.17, 15) is 0 Å². The first kappa shape index (κ1) is 31.1. The molecule has 2 unspecified atom stereocenters. The zero-order valence-electron chi connectivity index (χ0n) is 25.2. The van der Waals surface area contributed by atoms with Crippen LogP contribution in [0.1, 0.15) is 63.8 Å². The third kappa shape index (κ3) is 5.10. The van der Waals surface area contributed by atoms with E-state index in [0.29, 0.717) is 11.5 Å². The number of aryl methyl sites for hydroxylation is 2. The Labute approximate surface area is 271 Å².